The number of aliphatic imine (C=N–C) groups is 1. The SMILES string of the molecule is CCNC(=NCc1nc(C)no1)NCCNC(=O)OC(C)(C)C. The molecule has 0 aliphatic carbocycles. The van der Waals surface area contributed by atoms with E-state index in [1.807, 2.05) is 27.7 Å². The highest BCUT2D eigenvalue weighted by Gasteiger charge is 2.15. The van der Waals surface area contributed by atoms with Crippen molar-refractivity contribution in [1.82, 2.24) is 26.1 Å². The molecule has 1 aromatic heterocycles. The van der Waals surface area contributed by atoms with Crippen LogP contribution < -0.4 is 16.0 Å². The molecule has 1 rings (SSSR count). The Morgan fingerprint density at radius 1 is 1.26 bits per heavy atom. The Hall–Kier alpha value is -2.32. The zero-order chi connectivity index (χ0) is 17.3. The Morgan fingerprint density at radius 3 is 2.52 bits per heavy atom. The molecule has 9 heteroatoms. The average molecular weight is 326 g/mol. The summed E-state index contributed by atoms with van der Waals surface area (Å²) in [5, 5.41) is 12.6. The number of nitrogens with one attached hydrogen (secondary N) is 3. The third-order valence-electron chi connectivity index (χ3n) is 2.37. The highest BCUT2D eigenvalue weighted by Crippen LogP contribution is 2.05. The number of nitrogens with zero attached hydrogens (tertiary/aromatic N) is 3. The molecule has 0 fully saturated rings. The fourth-order valence-corrected chi connectivity index (χ4v) is 1.55. The zero-order valence-corrected chi connectivity index (χ0v) is 14.4. The molecule has 0 saturated carbocycles. The Balaban J connectivity index is 2.34. The predicted octanol–water partition coefficient (Wildman–Crippen LogP) is 0.958. The Bertz CT molecular complexity index is 521. The second-order valence-corrected chi connectivity index (χ2v) is 5.79. The van der Waals surface area contributed by atoms with Gasteiger partial charge in [0.05, 0.1) is 0 Å². The van der Waals surface area contributed by atoms with Crippen LogP contribution in [0.25, 0.3) is 0 Å². The molecular formula is C14H26N6O3. The van der Waals surface area contributed by atoms with Gasteiger partial charge in [-0.15, -0.1) is 0 Å². The first-order valence-electron chi connectivity index (χ1n) is 7.58. The van der Waals surface area contributed by atoms with Crippen molar-refractivity contribution in [1.29, 1.82) is 0 Å². The van der Waals surface area contributed by atoms with Crippen molar-refractivity contribution in [3.63, 3.8) is 0 Å². The number of alkyl carbamates (subject to hydrolysis) is 1. The fraction of sp³-hybridized carbons (Fsp3) is 0.714. The maximum absolute atomic E-state index is 11.5. The van der Waals surface area contributed by atoms with Gasteiger partial charge in [-0.1, -0.05) is 5.16 Å². The van der Waals surface area contributed by atoms with Crippen molar-refractivity contribution in [3.8, 4) is 0 Å². The highest BCUT2D eigenvalue weighted by atomic mass is 16.6. The number of hydrogen-bond acceptors (Lipinski definition) is 6. The Labute approximate surface area is 136 Å². The summed E-state index contributed by atoms with van der Waals surface area (Å²) < 4.78 is 10.1. The molecule has 0 aliphatic heterocycles. The molecule has 0 saturated heterocycles. The number of carbonyl (C=O) groups excluding carboxylic acids is 1. The van der Waals surface area contributed by atoms with E-state index < -0.39 is 11.7 Å². The summed E-state index contributed by atoms with van der Waals surface area (Å²) in [6.45, 7) is 11.1. The van der Waals surface area contributed by atoms with E-state index in [0.717, 1.165) is 0 Å². The van der Waals surface area contributed by atoms with E-state index in [9.17, 15) is 4.79 Å². The van der Waals surface area contributed by atoms with Gasteiger partial charge in [0, 0.05) is 19.6 Å². The number of hydrogen-bond donors (Lipinski definition) is 3. The van der Waals surface area contributed by atoms with Crippen molar-refractivity contribution in [2.45, 2.75) is 46.8 Å². The summed E-state index contributed by atoms with van der Waals surface area (Å²) >= 11 is 0. The van der Waals surface area contributed by atoms with Crippen LogP contribution in [0, 0.1) is 6.92 Å². The Kier molecular flexibility index (Phi) is 7.30. The summed E-state index contributed by atoms with van der Waals surface area (Å²) in [6.07, 6.45) is -0.442. The van der Waals surface area contributed by atoms with E-state index in [1.165, 1.54) is 0 Å². The first-order valence-corrected chi connectivity index (χ1v) is 7.58. The lowest BCUT2D eigenvalue weighted by atomic mass is 10.2. The third kappa shape index (κ3) is 8.64. The number of aromatic nitrogens is 2. The first kappa shape index (κ1) is 18.7. The van der Waals surface area contributed by atoms with Crippen LogP contribution in [-0.2, 0) is 11.3 Å². The number of aryl methyl sites for hydroxylation is 1. The normalized spacial score (nSPS) is 12.0. The van der Waals surface area contributed by atoms with E-state index in [1.54, 1.807) is 6.92 Å². The number of guanidine groups is 1. The van der Waals surface area contributed by atoms with E-state index in [-0.39, 0.29) is 6.54 Å². The molecule has 1 aromatic rings. The van der Waals surface area contributed by atoms with Gasteiger partial charge in [0.25, 0.3) is 0 Å². The standard InChI is InChI=1S/C14H26N6O3/c1-6-15-12(18-9-11-19-10(2)20-23-11)16-7-8-17-13(21)22-14(3,4)5/h6-9H2,1-5H3,(H,17,21)(H2,15,16,18). The van der Waals surface area contributed by atoms with E-state index in [2.05, 4.69) is 31.1 Å². The molecule has 0 aliphatic rings. The number of rotatable bonds is 6. The fourth-order valence-electron chi connectivity index (χ4n) is 1.55. The van der Waals surface area contributed by atoms with Crippen LogP contribution >= 0.6 is 0 Å². The predicted molar refractivity (Wildman–Crippen MR) is 86.1 cm³/mol. The first-order chi connectivity index (χ1) is 10.8. The monoisotopic (exact) mass is 326 g/mol. The quantitative estimate of drug-likeness (QED) is 0.405. The maximum Gasteiger partial charge on any atom is 0.407 e. The molecule has 0 atom stereocenters. The minimum Gasteiger partial charge on any atom is -0.444 e. The molecule has 1 heterocycles. The van der Waals surface area contributed by atoms with Crippen molar-refractivity contribution in [2.75, 3.05) is 19.6 Å². The average Bonchev–Trinajstić information content (AvgIpc) is 2.84. The molecule has 0 unspecified atom stereocenters. The molecule has 0 radical (unpaired) electrons. The van der Waals surface area contributed by atoms with E-state index in [0.29, 0.717) is 37.3 Å². The second-order valence-electron chi connectivity index (χ2n) is 5.79. The topological polar surface area (TPSA) is 114 Å². The van der Waals surface area contributed by atoms with Crippen LogP contribution in [0.3, 0.4) is 0 Å². The van der Waals surface area contributed by atoms with Crippen molar-refractivity contribution in [3.05, 3.63) is 11.7 Å². The lowest BCUT2D eigenvalue weighted by molar-refractivity contribution is 0.0529. The van der Waals surface area contributed by atoms with Gasteiger partial charge in [-0.05, 0) is 34.6 Å². The maximum atomic E-state index is 11.5. The van der Waals surface area contributed by atoms with Crippen LogP contribution in [-0.4, -0.2) is 47.4 Å². The van der Waals surface area contributed by atoms with Crippen LogP contribution in [0.1, 0.15) is 39.4 Å². The largest absolute Gasteiger partial charge is 0.444 e. The van der Waals surface area contributed by atoms with Gasteiger partial charge in [-0.25, -0.2) is 9.79 Å². The summed E-state index contributed by atoms with van der Waals surface area (Å²) in [4.78, 5) is 19.9. The molecule has 0 bridgehead atoms. The van der Waals surface area contributed by atoms with Gasteiger partial charge in [0.2, 0.25) is 5.89 Å². The van der Waals surface area contributed by atoms with Crippen LogP contribution in [0.5, 0.6) is 0 Å². The van der Waals surface area contributed by atoms with Gasteiger partial charge < -0.3 is 25.2 Å². The number of ether oxygens (including phenoxy) is 1. The summed E-state index contributed by atoms with van der Waals surface area (Å²) in [5.41, 5.74) is -0.504. The van der Waals surface area contributed by atoms with E-state index >= 15 is 0 Å². The zero-order valence-electron chi connectivity index (χ0n) is 14.4. The molecule has 3 N–H and O–H groups in total. The van der Waals surface area contributed by atoms with Crippen LogP contribution in [0.4, 0.5) is 4.79 Å². The van der Waals surface area contributed by atoms with Gasteiger partial charge in [-0.3, -0.25) is 0 Å². The summed E-state index contributed by atoms with van der Waals surface area (Å²) in [7, 11) is 0. The van der Waals surface area contributed by atoms with Gasteiger partial charge in [-0.2, -0.15) is 4.98 Å². The third-order valence-corrected chi connectivity index (χ3v) is 2.37. The lowest BCUT2D eigenvalue weighted by Gasteiger charge is -2.19. The van der Waals surface area contributed by atoms with Crippen LogP contribution in [0.2, 0.25) is 0 Å². The number of amides is 1. The smallest absolute Gasteiger partial charge is 0.407 e. The van der Waals surface area contributed by atoms with Crippen molar-refractivity contribution >= 4 is 12.1 Å². The molecule has 9 nitrogen and oxygen atoms in total. The minimum atomic E-state index is -0.504. The summed E-state index contributed by atoms with van der Waals surface area (Å²) in [6, 6.07) is 0. The van der Waals surface area contributed by atoms with Gasteiger partial charge >= 0.3 is 6.09 Å². The molecule has 130 valence electrons. The molecule has 0 spiro atoms. The molecular weight excluding hydrogens is 300 g/mol. The Morgan fingerprint density at radius 2 is 1.96 bits per heavy atom. The molecule has 23 heavy (non-hydrogen) atoms. The second kappa shape index (κ2) is 8.96. The lowest BCUT2D eigenvalue weighted by Crippen LogP contribution is -2.42. The van der Waals surface area contributed by atoms with Gasteiger partial charge in [0.15, 0.2) is 11.8 Å². The number of carbonyl (C=O) groups is 1. The van der Waals surface area contributed by atoms with Crippen molar-refractivity contribution in [2.24, 2.45) is 4.99 Å². The molecule has 1 amide bonds. The van der Waals surface area contributed by atoms with E-state index in [4.69, 9.17) is 9.26 Å². The molecule has 0 aromatic carbocycles. The summed E-state index contributed by atoms with van der Waals surface area (Å²) in [5.74, 6) is 1.63. The van der Waals surface area contributed by atoms with Gasteiger partial charge in [0.1, 0.15) is 12.1 Å². The van der Waals surface area contributed by atoms with Crippen LogP contribution in [0.15, 0.2) is 9.52 Å². The highest BCUT2D eigenvalue weighted by molar-refractivity contribution is 5.79. The minimum absolute atomic E-state index is 0.287. The van der Waals surface area contributed by atoms with Crippen molar-refractivity contribution < 1.29 is 14.1 Å².